The number of aryl methyl sites for hydroxylation is 2. The monoisotopic (exact) mass is 424 g/mol. The molecule has 30 heavy (non-hydrogen) atoms. The lowest BCUT2D eigenvalue weighted by atomic mass is 9.85. The highest BCUT2D eigenvalue weighted by atomic mass is 32.1. The maximum Gasteiger partial charge on any atom is 0.264 e. The zero-order valence-corrected chi connectivity index (χ0v) is 18.5. The first kappa shape index (κ1) is 19.5. The number of carbonyl (C=O) groups is 1. The number of nitrogens with zero attached hydrogens (tertiary/aromatic N) is 6. The van der Waals surface area contributed by atoms with Crippen LogP contribution in [-0.2, 0) is 12.8 Å². The van der Waals surface area contributed by atoms with Gasteiger partial charge in [0, 0.05) is 42.8 Å². The molecule has 1 atom stereocenters. The second-order valence-electron chi connectivity index (χ2n) is 8.46. The number of thiophene rings is 1. The molecule has 1 unspecified atom stereocenters. The molecule has 1 aliphatic carbocycles. The third-order valence-corrected chi connectivity index (χ3v) is 7.57. The van der Waals surface area contributed by atoms with E-state index in [0.29, 0.717) is 5.78 Å². The predicted octanol–water partition coefficient (Wildman–Crippen LogP) is 3.36. The van der Waals surface area contributed by atoms with E-state index in [4.69, 9.17) is 0 Å². The summed E-state index contributed by atoms with van der Waals surface area (Å²) in [7, 11) is 0. The van der Waals surface area contributed by atoms with Crippen LogP contribution in [0.25, 0.3) is 5.78 Å². The fourth-order valence-corrected chi connectivity index (χ4v) is 5.97. The standard InChI is InChI=1S/C22H28N6OS/c1-3-4-16-5-6-18-17(12-16)13-19(30-18)21(29)27-9-7-26(8-10-27)20-11-15(2)25-22-23-14-24-28(20)22/h11,13-14,16H,3-10,12H2,1-2H3. The van der Waals surface area contributed by atoms with Crippen molar-refractivity contribution in [1.82, 2.24) is 24.5 Å². The van der Waals surface area contributed by atoms with E-state index in [9.17, 15) is 4.79 Å². The second kappa shape index (κ2) is 7.98. The highest BCUT2D eigenvalue weighted by Gasteiger charge is 2.27. The molecule has 0 spiro atoms. The molecule has 5 rings (SSSR count). The average Bonchev–Trinajstić information content (AvgIpc) is 3.39. The van der Waals surface area contributed by atoms with Gasteiger partial charge in [0.15, 0.2) is 0 Å². The van der Waals surface area contributed by atoms with Crippen LogP contribution in [0.1, 0.15) is 52.0 Å². The summed E-state index contributed by atoms with van der Waals surface area (Å²) in [4.78, 5) is 28.4. The Labute approximate surface area is 180 Å². The van der Waals surface area contributed by atoms with Gasteiger partial charge in [-0.1, -0.05) is 19.8 Å². The van der Waals surface area contributed by atoms with E-state index in [1.165, 1.54) is 36.0 Å². The van der Waals surface area contributed by atoms with Crippen molar-refractivity contribution < 1.29 is 4.79 Å². The lowest BCUT2D eigenvalue weighted by molar-refractivity contribution is 0.0751. The Morgan fingerprint density at radius 1 is 1.23 bits per heavy atom. The first-order valence-corrected chi connectivity index (χ1v) is 11.8. The number of amides is 1. The van der Waals surface area contributed by atoms with E-state index in [2.05, 4.69) is 33.0 Å². The molecular weight excluding hydrogens is 396 g/mol. The van der Waals surface area contributed by atoms with Crippen molar-refractivity contribution in [3.05, 3.63) is 39.5 Å². The fraction of sp³-hybridized carbons (Fsp3) is 0.545. The van der Waals surface area contributed by atoms with Gasteiger partial charge in [-0.15, -0.1) is 11.3 Å². The zero-order chi connectivity index (χ0) is 20.7. The molecule has 1 amide bonds. The second-order valence-corrected chi connectivity index (χ2v) is 9.60. The summed E-state index contributed by atoms with van der Waals surface area (Å²) in [6.07, 6.45) is 7.65. The van der Waals surface area contributed by atoms with E-state index in [0.717, 1.165) is 61.3 Å². The molecule has 3 aromatic heterocycles. The summed E-state index contributed by atoms with van der Waals surface area (Å²) < 4.78 is 1.78. The number of carbonyl (C=O) groups excluding carboxylic acids is 1. The molecule has 0 N–H and O–H groups in total. The number of anilines is 1. The van der Waals surface area contributed by atoms with Gasteiger partial charge in [-0.05, 0) is 43.7 Å². The summed E-state index contributed by atoms with van der Waals surface area (Å²) in [5.74, 6) is 2.60. The summed E-state index contributed by atoms with van der Waals surface area (Å²) in [5, 5.41) is 4.32. The smallest absolute Gasteiger partial charge is 0.264 e. The first-order chi connectivity index (χ1) is 14.6. The highest BCUT2D eigenvalue weighted by molar-refractivity contribution is 7.14. The maximum atomic E-state index is 13.2. The van der Waals surface area contributed by atoms with E-state index in [-0.39, 0.29) is 5.91 Å². The minimum atomic E-state index is 0.193. The van der Waals surface area contributed by atoms with Crippen molar-refractivity contribution in [3.63, 3.8) is 0 Å². The van der Waals surface area contributed by atoms with Crippen molar-refractivity contribution in [1.29, 1.82) is 0 Å². The van der Waals surface area contributed by atoms with Crippen LogP contribution in [0.2, 0.25) is 0 Å². The molecule has 7 nitrogen and oxygen atoms in total. The topological polar surface area (TPSA) is 66.6 Å². The highest BCUT2D eigenvalue weighted by Crippen LogP contribution is 2.34. The number of aromatic nitrogens is 4. The summed E-state index contributed by atoms with van der Waals surface area (Å²) in [6.45, 7) is 7.25. The number of fused-ring (bicyclic) bond motifs is 2. The maximum absolute atomic E-state index is 13.2. The van der Waals surface area contributed by atoms with Crippen molar-refractivity contribution in [2.45, 2.75) is 46.0 Å². The van der Waals surface area contributed by atoms with Crippen molar-refractivity contribution in [3.8, 4) is 0 Å². The molecule has 1 saturated heterocycles. The normalized spacial score (nSPS) is 19.3. The molecule has 8 heteroatoms. The van der Waals surface area contributed by atoms with Crippen LogP contribution < -0.4 is 4.90 Å². The number of hydrogen-bond donors (Lipinski definition) is 0. The molecule has 0 bridgehead atoms. The van der Waals surface area contributed by atoms with Gasteiger partial charge in [0.2, 0.25) is 0 Å². The van der Waals surface area contributed by atoms with Crippen LogP contribution in [-0.4, -0.2) is 56.6 Å². The number of rotatable bonds is 4. The van der Waals surface area contributed by atoms with Crippen LogP contribution >= 0.6 is 11.3 Å². The van der Waals surface area contributed by atoms with Crippen molar-refractivity contribution in [2.75, 3.05) is 31.1 Å². The van der Waals surface area contributed by atoms with Crippen LogP contribution in [0, 0.1) is 12.8 Å². The van der Waals surface area contributed by atoms with E-state index >= 15 is 0 Å². The molecule has 0 saturated carbocycles. The lowest BCUT2D eigenvalue weighted by Crippen LogP contribution is -2.49. The van der Waals surface area contributed by atoms with Crippen molar-refractivity contribution >= 4 is 28.8 Å². The molecule has 1 aliphatic heterocycles. The van der Waals surface area contributed by atoms with Gasteiger partial charge in [-0.25, -0.2) is 4.98 Å². The molecule has 3 aromatic rings. The van der Waals surface area contributed by atoms with Crippen LogP contribution in [0.15, 0.2) is 18.5 Å². The zero-order valence-electron chi connectivity index (χ0n) is 17.7. The minimum Gasteiger partial charge on any atom is -0.353 e. The van der Waals surface area contributed by atoms with Gasteiger partial charge < -0.3 is 9.80 Å². The first-order valence-electron chi connectivity index (χ1n) is 11.0. The summed E-state index contributed by atoms with van der Waals surface area (Å²) in [5.41, 5.74) is 2.35. The average molecular weight is 425 g/mol. The van der Waals surface area contributed by atoms with Gasteiger partial charge in [0.1, 0.15) is 12.1 Å². The third kappa shape index (κ3) is 3.57. The Morgan fingerprint density at radius 2 is 2.07 bits per heavy atom. The van der Waals surface area contributed by atoms with Crippen LogP contribution in [0.4, 0.5) is 5.82 Å². The fourth-order valence-electron chi connectivity index (χ4n) is 4.79. The van der Waals surface area contributed by atoms with Crippen LogP contribution in [0.5, 0.6) is 0 Å². The lowest BCUT2D eigenvalue weighted by Gasteiger charge is -2.35. The minimum absolute atomic E-state index is 0.193. The van der Waals surface area contributed by atoms with E-state index in [1.807, 2.05) is 17.9 Å². The van der Waals surface area contributed by atoms with Gasteiger partial charge in [-0.3, -0.25) is 4.79 Å². The van der Waals surface area contributed by atoms with Crippen molar-refractivity contribution in [2.24, 2.45) is 5.92 Å². The molecule has 4 heterocycles. The van der Waals surface area contributed by atoms with Gasteiger partial charge >= 0.3 is 0 Å². The Balaban J connectivity index is 1.27. The molecule has 2 aliphatic rings. The van der Waals surface area contributed by atoms with Gasteiger partial charge in [-0.2, -0.15) is 14.6 Å². The molecule has 0 aromatic carbocycles. The summed E-state index contributed by atoms with van der Waals surface area (Å²) >= 11 is 1.72. The summed E-state index contributed by atoms with van der Waals surface area (Å²) in [6, 6.07) is 4.22. The number of hydrogen-bond acceptors (Lipinski definition) is 6. The molecule has 0 radical (unpaired) electrons. The SMILES string of the molecule is CCCC1CCc2sc(C(=O)N3CCN(c4cc(C)nc5ncnn45)CC3)cc2C1. The predicted molar refractivity (Wildman–Crippen MR) is 118 cm³/mol. The molecule has 1 fully saturated rings. The van der Waals surface area contributed by atoms with E-state index in [1.54, 1.807) is 15.9 Å². The Kier molecular flexibility index (Phi) is 5.18. The largest absolute Gasteiger partial charge is 0.353 e. The Hall–Kier alpha value is -2.48. The third-order valence-electron chi connectivity index (χ3n) is 6.34. The van der Waals surface area contributed by atoms with Gasteiger partial charge in [0.25, 0.3) is 11.7 Å². The number of piperazine rings is 1. The van der Waals surface area contributed by atoms with Crippen LogP contribution in [0.3, 0.4) is 0 Å². The molecular formula is C22H28N6OS. The van der Waals surface area contributed by atoms with E-state index < -0.39 is 0 Å². The molecule has 158 valence electrons. The quantitative estimate of drug-likeness (QED) is 0.642. The van der Waals surface area contributed by atoms with Gasteiger partial charge in [0.05, 0.1) is 4.88 Å². The Morgan fingerprint density at radius 3 is 2.87 bits per heavy atom. The Bertz CT molecular complexity index is 1060.